The summed E-state index contributed by atoms with van der Waals surface area (Å²) in [4.78, 5) is 12.8. The number of benzene rings is 1. The van der Waals surface area contributed by atoms with E-state index in [2.05, 4.69) is 70.6 Å². The lowest BCUT2D eigenvalue weighted by Gasteiger charge is -2.19. The van der Waals surface area contributed by atoms with Crippen LogP contribution in [0.5, 0.6) is 0 Å². The molecule has 1 aromatic carbocycles. The molecule has 0 saturated heterocycles. The van der Waals surface area contributed by atoms with Gasteiger partial charge in [0.15, 0.2) is 5.96 Å². The topological polar surface area (TPSA) is 67.1 Å². The molecule has 0 saturated carbocycles. The van der Waals surface area contributed by atoms with Gasteiger partial charge in [0, 0.05) is 38.7 Å². The Balaban J connectivity index is 1.48. The smallest absolute Gasteiger partial charge is 0.191 e. The predicted molar refractivity (Wildman–Crippen MR) is 118 cm³/mol. The fraction of sp³-hybridized carbons (Fsp3) is 0.348. The Kier molecular flexibility index (Phi) is 6.65. The zero-order valence-electron chi connectivity index (χ0n) is 17.7. The average Bonchev–Trinajstić information content (AvgIpc) is 3.25. The molecule has 2 heterocycles. The van der Waals surface area contributed by atoms with E-state index in [4.69, 9.17) is 0 Å². The molecule has 0 bridgehead atoms. The molecule has 2 N–H and O–H groups in total. The molecule has 0 aliphatic rings. The number of hydrogen-bond acceptors (Lipinski definition) is 3. The molecule has 3 aromatic rings. The first-order valence-corrected chi connectivity index (χ1v) is 9.93. The minimum atomic E-state index is 0.188. The maximum atomic E-state index is 4.38. The van der Waals surface area contributed by atoms with Crippen LogP contribution >= 0.6 is 0 Å². The number of aromatic nitrogens is 3. The number of pyridine rings is 1. The molecule has 0 amide bonds. The standard InChI is InChI=1S/C23H30N6/c1-23(2,3)20-7-5-18(6-8-20)9-12-27-22(24-4)28-16-19-10-11-26-21(15-19)29-14-13-25-17-29/h5-8,10-11,13-15,17H,9,12,16H2,1-4H3,(H2,24,27,28). The van der Waals surface area contributed by atoms with Gasteiger partial charge in [-0.05, 0) is 40.7 Å². The first-order valence-electron chi connectivity index (χ1n) is 9.93. The van der Waals surface area contributed by atoms with Gasteiger partial charge in [-0.25, -0.2) is 9.97 Å². The number of nitrogens with one attached hydrogen (secondary N) is 2. The minimum absolute atomic E-state index is 0.188. The molecular weight excluding hydrogens is 360 g/mol. The zero-order chi connectivity index (χ0) is 20.7. The summed E-state index contributed by atoms with van der Waals surface area (Å²) < 4.78 is 1.89. The number of rotatable bonds is 6. The highest BCUT2D eigenvalue weighted by Gasteiger charge is 2.12. The van der Waals surface area contributed by atoms with Crippen LogP contribution in [0.2, 0.25) is 0 Å². The predicted octanol–water partition coefficient (Wildman–Crippen LogP) is 3.47. The monoisotopic (exact) mass is 390 g/mol. The van der Waals surface area contributed by atoms with Crippen molar-refractivity contribution >= 4 is 5.96 Å². The summed E-state index contributed by atoms with van der Waals surface area (Å²) in [6, 6.07) is 12.9. The van der Waals surface area contributed by atoms with E-state index in [1.165, 1.54) is 11.1 Å². The summed E-state index contributed by atoms with van der Waals surface area (Å²) in [6.07, 6.45) is 8.13. The van der Waals surface area contributed by atoms with Gasteiger partial charge in [0.1, 0.15) is 12.1 Å². The molecule has 152 valence electrons. The van der Waals surface area contributed by atoms with Crippen molar-refractivity contribution in [2.75, 3.05) is 13.6 Å². The number of aliphatic imine (C=N–C) groups is 1. The number of hydrogen-bond donors (Lipinski definition) is 2. The molecule has 6 heteroatoms. The van der Waals surface area contributed by atoms with Crippen LogP contribution < -0.4 is 10.6 Å². The van der Waals surface area contributed by atoms with E-state index in [9.17, 15) is 0 Å². The lowest BCUT2D eigenvalue weighted by molar-refractivity contribution is 0.590. The van der Waals surface area contributed by atoms with Gasteiger partial charge in [-0.3, -0.25) is 9.56 Å². The molecule has 0 atom stereocenters. The second-order valence-corrected chi connectivity index (χ2v) is 8.04. The lowest BCUT2D eigenvalue weighted by Crippen LogP contribution is -2.37. The maximum absolute atomic E-state index is 4.38. The molecule has 2 aromatic heterocycles. The second kappa shape index (κ2) is 9.37. The Bertz CT molecular complexity index is 921. The maximum Gasteiger partial charge on any atom is 0.191 e. The summed E-state index contributed by atoms with van der Waals surface area (Å²) in [5.41, 5.74) is 4.00. The highest BCUT2D eigenvalue weighted by atomic mass is 15.2. The normalized spacial score (nSPS) is 12.1. The summed E-state index contributed by atoms with van der Waals surface area (Å²) in [6.45, 7) is 8.20. The van der Waals surface area contributed by atoms with E-state index in [1.807, 2.05) is 29.1 Å². The van der Waals surface area contributed by atoms with Gasteiger partial charge in [0.05, 0.1) is 0 Å². The number of guanidine groups is 1. The fourth-order valence-corrected chi connectivity index (χ4v) is 3.01. The van der Waals surface area contributed by atoms with Crippen molar-refractivity contribution in [2.45, 2.75) is 39.2 Å². The highest BCUT2D eigenvalue weighted by molar-refractivity contribution is 5.79. The summed E-state index contributed by atoms with van der Waals surface area (Å²) in [5, 5.41) is 6.74. The summed E-state index contributed by atoms with van der Waals surface area (Å²) >= 11 is 0. The Morgan fingerprint density at radius 2 is 1.83 bits per heavy atom. The van der Waals surface area contributed by atoms with Crippen LogP contribution in [0.4, 0.5) is 0 Å². The molecule has 0 unspecified atom stereocenters. The van der Waals surface area contributed by atoms with Crippen molar-refractivity contribution in [3.05, 3.63) is 78.0 Å². The van der Waals surface area contributed by atoms with Crippen molar-refractivity contribution in [3.8, 4) is 5.82 Å². The number of nitrogens with zero attached hydrogens (tertiary/aromatic N) is 4. The van der Waals surface area contributed by atoms with Crippen LogP contribution in [0.1, 0.15) is 37.5 Å². The Hall–Kier alpha value is -3.15. The molecule has 0 aliphatic heterocycles. The summed E-state index contributed by atoms with van der Waals surface area (Å²) in [5.74, 6) is 1.64. The molecule has 0 radical (unpaired) electrons. The van der Waals surface area contributed by atoms with Crippen LogP contribution in [0, 0.1) is 0 Å². The van der Waals surface area contributed by atoms with Gasteiger partial charge in [0.2, 0.25) is 0 Å². The van der Waals surface area contributed by atoms with Crippen molar-refractivity contribution in [2.24, 2.45) is 4.99 Å². The van der Waals surface area contributed by atoms with Gasteiger partial charge >= 0.3 is 0 Å². The third-order valence-electron chi connectivity index (χ3n) is 4.79. The SMILES string of the molecule is CN=C(NCCc1ccc(C(C)(C)C)cc1)NCc1ccnc(-n2ccnc2)c1. The van der Waals surface area contributed by atoms with Gasteiger partial charge in [-0.15, -0.1) is 0 Å². The van der Waals surface area contributed by atoms with E-state index in [-0.39, 0.29) is 5.41 Å². The third-order valence-corrected chi connectivity index (χ3v) is 4.79. The van der Waals surface area contributed by atoms with Crippen LogP contribution in [-0.2, 0) is 18.4 Å². The Morgan fingerprint density at radius 3 is 2.48 bits per heavy atom. The van der Waals surface area contributed by atoms with Crippen LogP contribution in [-0.4, -0.2) is 34.1 Å². The Labute approximate surface area is 173 Å². The zero-order valence-corrected chi connectivity index (χ0v) is 17.7. The van der Waals surface area contributed by atoms with Crippen molar-refractivity contribution in [1.29, 1.82) is 0 Å². The molecule has 0 spiro atoms. The fourth-order valence-electron chi connectivity index (χ4n) is 3.01. The summed E-state index contributed by atoms with van der Waals surface area (Å²) in [7, 11) is 1.79. The average molecular weight is 391 g/mol. The third kappa shape index (κ3) is 5.91. The van der Waals surface area contributed by atoms with Gasteiger partial charge in [-0.2, -0.15) is 0 Å². The quantitative estimate of drug-likeness (QED) is 0.500. The number of imidazole rings is 1. The highest BCUT2D eigenvalue weighted by Crippen LogP contribution is 2.22. The lowest BCUT2D eigenvalue weighted by atomic mass is 9.86. The van der Waals surface area contributed by atoms with E-state index in [0.717, 1.165) is 30.3 Å². The van der Waals surface area contributed by atoms with Crippen molar-refractivity contribution in [1.82, 2.24) is 25.2 Å². The molecule has 29 heavy (non-hydrogen) atoms. The Morgan fingerprint density at radius 1 is 1.03 bits per heavy atom. The van der Waals surface area contributed by atoms with Gasteiger partial charge in [-0.1, -0.05) is 45.0 Å². The first-order chi connectivity index (χ1) is 14.0. The minimum Gasteiger partial charge on any atom is -0.356 e. The van der Waals surface area contributed by atoms with Gasteiger partial charge < -0.3 is 10.6 Å². The second-order valence-electron chi connectivity index (χ2n) is 8.04. The largest absolute Gasteiger partial charge is 0.356 e. The molecule has 3 rings (SSSR count). The van der Waals surface area contributed by atoms with Crippen LogP contribution in [0.3, 0.4) is 0 Å². The van der Waals surface area contributed by atoms with E-state index in [0.29, 0.717) is 6.54 Å². The molecule has 0 fully saturated rings. The molecule has 0 aliphatic carbocycles. The first kappa shape index (κ1) is 20.6. The van der Waals surface area contributed by atoms with Crippen LogP contribution in [0.25, 0.3) is 5.82 Å². The van der Waals surface area contributed by atoms with E-state index in [1.54, 1.807) is 19.6 Å². The van der Waals surface area contributed by atoms with E-state index < -0.39 is 0 Å². The van der Waals surface area contributed by atoms with E-state index >= 15 is 0 Å². The van der Waals surface area contributed by atoms with Crippen molar-refractivity contribution < 1.29 is 0 Å². The van der Waals surface area contributed by atoms with Crippen LogP contribution in [0.15, 0.2) is 66.3 Å². The van der Waals surface area contributed by atoms with Gasteiger partial charge in [0.25, 0.3) is 0 Å². The molecule has 6 nitrogen and oxygen atoms in total. The van der Waals surface area contributed by atoms with Crippen molar-refractivity contribution in [3.63, 3.8) is 0 Å². The molecular formula is C23H30N6.